The third-order valence-electron chi connectivity index (χ3n) is 8.41. The molecule has 4 aromatic rings. The number of amides is 2. The van der Waals surface area contributed by atoms with Crippen LogP contribution in [0.2, 0.25) is 0 Å². The molecule has 0 aromatic heterocycles. The number of anilines is 4. The fourth-order valence-electron chi connectivity index (χ4n) is 5.28. The molecule has 0 atom stereocenters. The summed E-state index contributed by atoms with van der Waals surface area (Å²) in [6.07, 6.45) is -38.0. The molecule has 4 rings (SSSR count). The van der Waals surface area contributed by atoms with Gasteiger partial charge >= 0.3 is 48.4 Å². The van der Waals surface area contributed by atoms with E-state index in [1.165, 1.54) is 18.4 Å². The zero-order valence-electron chi connectivity index (χ0n) is 30.7. The molecule has 5 N–H and O–H groups in total. The Kier molecular flexibility index (Phi) is 15.2. The van der Waals surface area contributed by atoms with E-state index < -0.39 is 143 Å². The molecule has 2 amide bonds. The van der Waals surface area contributed by atoms with Crippen LogP contribution in [0.1, 0.15) is 43.0 Å². The Balaban J connectivity index is 0.000000345. The molecule has 4 aromatic carbocycles. The minimum atomic E-state index is -6.68. The zero-order chi connectivity index (χ0) is 50.4. The van der Waals surface area contributed by atoms with E-state index in [-0.39, 0.29) is 17.8 Å². The average molecular weight is 1100 g/mol. The van der Waals surface area contributed by atoms with Crippen molar-refractivity contribution < 1.29 is 106 Å². The minimum Gasteiger partial charge on any atom is -0.396 e. The summed E-state index contributed by atoms with van der Waals surface area (Å²) in [6.45, 7) is 0. The minimum absolute atomic E-state index is 0.202. The lowest BCUT2D eigenvalue weighted by molar-refractivity contribution is -0.349. The number of halogens is 24. The third-order valence-corrected chi connectivity index (χ3v) is 9.66. The van der Waals surface area contributed by atoms with Crippen molar-refractivity contribution in [3.05, 3.63) is 115 Å². The standard InChI is InChI=1S/C18H10BrF11N2O.C17H8BrF11N2O/c1-31-11-4-2-3-8(12(11)20)14(33)32-13-9(16(22,23)24)5-7(6-10(13)19)15(21,17(25,26)27)18(28,29)30;18-9-5-6(14(20,16(24,25)26)17(27,28)29)4-8(15(21,22)23)12(9)31-13(32)7-2-1-3-10(30)11(7)19/h2-6,31H,1H3,(H,32,33);1-5H,30H2,(H,31,32). The largest absolute Gasteiger partial charge is 0.435 e. The van der Waals surface area contributed by atoms with Crippen molar-refractivity contribution in [3.8, 4) is 0 Å². The maximum absolute atomic E-state index is 14.3. The highest BCUT2D eigenvalue weighted by molar-refractivity contribution is 9.11. The molecule has 0 saturated heterocycles. The normalized spacial score (nSPS) is 13.2. The summed E-state index contributed by atoms with van der Waals surface area (Å²) in [5.74, 6) is -5.62. The number of carbonyl (C=O) groups excluding carboxylic acids is 2. The summed E-state index contributed by atoms with van der Waals surface area (Å²) in [6, 6.07) is 4.17. The Bertz CT molecular complexity index is 2410. The van der Waals surface area contributed by atoms with E-state index in [1.807, 2.05) is 0 Å². The average Bonchev–Trinajstić information content (AvgIpc) is 3.14. The number of benzene rings is 4. The lowest BCUT2D eigenvalue weighted by Crippen LogP contribution is -2.50. The molecule has 65 heavy (non-hydrogen) atoms. The van der Waals surface area contributed by atoms with E-state index in [2.05, 4.69) is 37.2 Å². The van der Waals surface area contributed by atoms with Gasteiger partial charge in [0.15, 0.2) is 11.6 Å². The number of nitrogens with one attached hydrogen (secondary N) is 3. The van der Waals surface area contributed by atoms with Crippen LogP contribution in [0.25, 0.3) is 0 Å². The van der Waals surface area contributed by atoms with Gasteiger partial charge in [0.05, 0.1) is 45.0 Å². The van der Waals surface area contributed by atoms with Crippen LogP contribution in [0.3, 0.4) is 0 Å². The van der Waals surface area contributed by atoms with Crippen LogP contribution in [0.5, 0.6) is 0 Å². The predicted octanol–water partition coefficient (Wildman–Crippen LogP) is 13.9. The molecule has 0 aliphatic heterocycles. The number of hydrogen-bond donors (Lipinski definition) is 4. The third kappa shape index (κ3) is 10.8. The van der Waals surface area contributed by atoms with Crippen molar-refractivity contribution in [2.45, 2.75) is 48.4 Å². The summed E-state index contributed by atoms with van der Waals surface area (Å²) < 4.78 is 291. The molecule has 0 radical (unpaired) electrons. The van der Waals surface area contributed by atoms with Crippen LogP contribution >= 0.6 is 31.9 Å². The SMILES string of the molecule is CNc1cccc(C(=O)Nc2c(Br)cc(C(F)(C(F)(F)F)C(F)(F)F)cc2C(F)(F)F)c1F.Nc1cccc(C(=O)Nc2c(Br)cc(C(F)(C(F)(F)F)C(F)(F)F)cc2C(F)(F)F)c1F. The van der Waals surface area contributed by atoms with Crippen molar-refractivity contribution in [1.29, 1.82) is 0 Å². The summed E-state index contributed by atoms with van der Waals surface area (Å²) in [7, 11) is 1.27. The molecule has 6 nitrogen and oxygen atoms in total. The first-order valence-corrected chi connectivity index (χ1v) is 17.9. The van der Waals surface area contributed by atoms with Crippen molar-refractivity contribution in [3.63, 3.8) is 0 Å². The first-order valence-electron chi connectivity index (χ1n) is 16.3. The van der Waals surface area contributed by atoms with Crippen molar-refractivity contribution in [2.24, 2.45) is 0 Å². The molecule has 358 valence electrons. The highest BCUT2D eigenvalue weighted by Gasteiger charge is 2.75. The van der Waals surface area contributed by atoms with Gasteiger partial charge in [0.1, 0.15) is 0 Å². The van der Waals surface area contributed by atoms with Crippen LogP contribution < -0.4 is 21.7 Å². The topological polar surface area (TPSA) is 96.2 Å². The Morgan fingerprint density at radius 1 is 0.508 bits per heavy atom. The molecule has 0 aliphatic carbocycles. The number of nitrogen functional groups attached to an aromatic ring is 1. The van der Waals surface area contributed by atoms with Gasteiger partial charge in [-0.2, -0.15) is 79.0 Å². The van der Waals surface area contributed by atoms with Gasteiger partial charge in [0.2, 0.25) is 0 Å². The summed E-state index contributed by atoms with van der Waals surface area (Å²) in [5, 5.41) is 5.49. The van der Waals surface area contributed by atoms with Gasteiger partial charge in [-0.3, -0.25) is 9.59 Å². The Morgan fingerprint density at radius 3 is 1.14 bits per heavy atom. The number of rotatable bonds is 7. The maximum Gasteiger partial charge on any atom is 0.435 e. The lowest BCUT2D eigenvalue weighted by atomic mass is 9.92. The molecule has 0 spiro atoms. The van der Waals surface area contributed by atoms with E-state index in [0.717, 1.165) is 30.3 Å². The molecule has 0 heterocycles. The zero-order valence-corrected chi connectivity index (χ0v) is 33.9. The van der Waals surface area contributed by atoms with Crippen molar-refractivity contribution in [1.82, 2.24) is 0 Å². The smallest absolute Gasteiger partial charge is 0.396 e. The Labute approximate surface area is 363 Å². The van der Waals surface area contributed by atoms with Gasteiger partial charge in [0.25, 0.3) is 11.8 Å². The lowest BCUT2D eigenvalue weighted by Gasteiger charge is -2.31. The molecular weight excluding hydrogens is 1090 g/mol. The fraction of sp³-hybridized carbons (Fsp3) is 0.257. The molecule has 0 unspecified atom stereocenters. The Morgan fingerprint density at radius 2 is 0.831 bits per heavy atom. The first kappa shape index (κ1) is 54.2. The van der Waals surface area contributed by atoms with E-state index in [9.17, 15) is 106 Å². The number of alkyl halides is 20. The molecular formula is C35H18Br2F22N4O2. The van der Waals surface area contributed by atoms with Crippen LogP contribution in [0.15, 0.2) is 69.6 Å². The van der Waals surface area contributed by atoms with E-state index in [1.54, 1.807) is 5.32 Å². The summed E-state index contributed by atoms with van der Waals surface area (Å²) >= 11 is 4.66. The van der Waals surface area contributed by atoms with Crippen molar-refractivity contribution >= 4 is 66.4 Å². The summed E-state index contributed by atoms with van der Waals surface area (Å²) in [5.41, 5.74) is -21.6. The quantitative estimate of drug-likeness (QED) is 0.110. The monoisotopic (exact) mass is 1100 g/mol. The van der Waals surface area contributed by atoms with Crippen LogP contribution in [0.4, 0.5) is 119 Å². The molecule has 30 heteroatoms. The van der Waals surface area contributed by atoms with Crippen LogP contribution in [-0.4, -0.2) is 43.6 Å². The van der Waals surface area contributed by atoms with Gasteiger partial charge in [-0.05, 0) is 80.4 Å². The van der Waals surface area contributed by atoms with Gasteiger partial charge in [-0.1, -0.05) is 12.1 Å². The number of carbonyl (C=O) groups is 2. The van der Waals surface area contributed by atoms with E-state index >= 15 is 0 Å². The second kappa shape index (κ2) is 18.3. The predicted molar refractivity (Wildman–Crippen MR) is 191 cm³/mol. The van der Waals surface area contributed by atoms with Gasteiger partial charge in [-0.25, -0.2) is 17.6 Å². The van der Waals surface area contributed by atoms with E-state index in [4.69, 9.17) is 5.73 Å². The molecule has 0 aliphatic rings. The van der Waals surface area contributed by atoms with Gasteiger partial charge in [-0.15, -0.1) is 0 Å². The molecule has 0 bridgehead atoms. The molecule has 0 fully saturated rings. The van der Waals surface area contributed by atoms with Crippen LogP contribution in [0, 0.1) is 11.6 Å². The summed E-state index contributed by atoms with van der Waals surface area (Å²) in [4.78, 5) is 24.5. The maximum atomic E-state index is 14.3. The highest BCUT2D eigenvalue weighted by Crippen LogP contribution is 2.57. The second-order valence-electron chi connectivity index (χ2n) is 12.6. The first-order chi connectivity index (χ1) is 29.2. The fourth-order valence-corrected chi connectivity index (χ4v) is 6.39. The van der Waals surface area contributed by atoms with Gasteiger partial charge in [0, 0.05) is 27.1 Å². The molecule has 0 saturated carbocycles. The van der Waals surface area contributed by atoms with Crippen LogP contribution in [-0.2, 0) is 23.7 Å². The van der Waals surface area contributed by atoms with Crippen molar-refractivity contribution in [2.75, 3.05) is 28.7 Å². The van der Waals surface area contributed by atoms with Gasteiger partial charge < -0.3 is 21.7 Å². The second-order valence-corrected chi connectivity index (χ2v) is 14.3. The number of hydrogen-bond acceptors (Lipinski definition) is 4. The van der Waals surface area contributed by atoms with E-state index in [0.29, 0.717) is 0 Å². The Hall–Kier alpha value is -5.16. The number of nitrogens with two attached hydrogens (primary N) is 1. The highest BCUT2D eigenvalue weighted by atomic mass is 79.9.